The topological polar surface area (TPSA) is 47.3 Å². The summed E-state index contributed by atoms with van der Waals surface area (Å²) in [5.74, 6) is 0.736. The Bertz CT molecular complexity index is 662. The largest absolute Gasteiger partial charge is 0.399 e. The molecule has 0 spiro atoms. The molecule has 0 aromatic heterocycles. The first-order chi connectivity index (χ1) is 10.6. The predicted octanol–water partition coefficient (Wildman–Crippen LogP) is 5.27. The summed E-state index contributed by atoms with van der Waals surface area (Å²) in [4.78, 5) is 5.74. The summed E-state index contributed by atoms with van der Waals surface area (Å²) >= 11 is 0. The molecule has 0 bridgehead atoms. The van der Waals surface area contributed by atoms with Crippen molar-refractivity contribution in [3.63, 3.8) is 0 Å². The molecule has 3 N–H and O–H groups in total. The zero-order valence-electron chi connectivity index (χ0n) is 15.0. The molecule has 0 aliphatic carbocycles. The van der Waals surface area contributed by atoms with E-state index >= 15 is 0 Å². The Hall–Kier alpha value is -2.16. The maximum absolute atomic E-state index is 5.74. The molecule has 2 rings (SSSR count). The molecule has 3 heteroatoms. The summed E-state index contributed by atoms with van der Waals surface area (Å²) in [6, 6.07) is 13.9. The van der Waals surface area contributed by atoms with E-state index in [-0.39, 0.29) is 10.8 Å². The molecule has 0 saturated heterocycles. The van der Waals surface area contributed by atoms with Crippen LogP contribution in [-0.2, 0) is 10.8 Å². The highest BCUT2D eigenvalue weighted by atomic mass is 16.6. The molecule has 124 valence electrons. The van der Waals surface area contributed by atoms with Gasteiger partial charge in [-0.15, -0.1) is 0 Å². The fourth-order valence-corrected chi connectivity index (χ4v) is 2.40. The molecule has 0 radical (unpaired) electrons. The molecule has 0 saturated carbocycles. The predicted molar refractivity (Wildman–Crippen MR) is 98.9 cm³/mol. The summed E-state index contributed by atoms with van der Waals surface area (Å²) in [6.45, 7) is 13.2. The van der Waals surface area contributed by atoms with Crippen LogP contribution in [0.2, 0.25) is 0 Å². The van der Waals surface area contributed by atoms with Gasteiger partial charge in [-0.1, -0.05) is 53.7 Å². The highest BCUT2D eigenvalue weighted by Gasteiger charge is 2.21. The van der Waals surface area contributed by atoms with Crippen molar-refractivity contribution in [2.45, 2.75) is 52.4 Å². The molecule has 3 nitrogen and oxygen atoms in total. The van der Waals surface area contributed by atoms with Gasteiger partial charge in [0.25, 0.3) is 0 Å². The molecule has 0 amide bonds. The highest BCUT2D eigenvalue weighted by Crippen LogP contribution is 2.34. The quantitative estimate of drug-likeness (QED) is 0.599. The minimum absolute atomic E-state index is 0.0310. The van der Waals surface area contributed by atoms with Crippen LogP contribution in [-0.4, -0.2) is 0 Å². The summed E-state index contributed by atoms with van der Waals surface area (Å²) < 4.78 is 0. The summed E-state index contributed by atoms with van der Waals surface area (Å²) in [5.41, 5.74) is 13.2. The lowest BCUT2D eigenvalue weighted by Crippen LogP contribution is -2.19. The monoisotopic (exact) mass is 312 g/mol. The summed E-state index contributed by atoms with van der Waals surface area (Å²) in [6.07, 6.45) is 0. The zero-order chi connectivity index (χ0) is 17.3. The lowest BCUT2D eigenvalue weighted by Gasteiger charge is -2.27. The smallest absolute Gasteiger partial charge is 0.155 e. The number of hydrogen-bond acceptors (Lipinski definition) is 3. The van der Waals surface area contributed by atoms with Gasteiger partial charge in [-0.2, -0.15) is 0 Å². The molecule has 0 atom stereocenters. The number of benzene rings is 2. The number of nitrogen functional groups attached to an aromatic ring is 1. The van der Waals surface area contributed by atoms with Crippen LogP contribution < -0.4 is 16.1 Å². The van der Waals surface area contributed by atoms with Crippen LogP contribution in [0, 0.1) is 0 Å². The van der Waals surface area contributed by atoms with E-state index in [9.17, 15) is 0 Å². The molecule has 0 fully saturated rings. The lowest BCUT2D eigenvalue weighted by atomic mass is 9.81. The third kappa shape index (κ3) is 4.41. The Labute approximate surface area is 139 Å². The fourth-order valence-electron chi connectivity index (χ4n) is 2.40. The van der Waals surface area contributed by atoms with Gasteiger partial charge in [0.1, 0.15) is 0 Å². The van der Waals surface area contributed by atoms with Crippen molar-refractivity contribution in [3.05, 3.63) is 53.6 Å². The molecule has 0 aliphatic rings. The van der Waals surface area contributed by atoms with Gasteiger partial charge in [0, 0.05) is 5.69 Å². The molecular formula is C20H28N2O. The summed E-state index contributed by atoms with van der Waals surface area (Å²) in [5, 5.41) is 0. The maximum atomic E-state index is 5.74. The Balaban J connectivity index is 2.31. The van der Waals surface area contributed by atoms with Crippen LogP contribution in [0.1, 0.15) is 52.7 Å². The Morgan fingerprint density at radius 2 is 1.43 bits per heavy atom. The SMILES string of the molecule is CC(C)(C)c1ccc(C(C)(C)C)c(NOc2ccc(N)cc2)c1. The lowest BCUT2D eigenvalue weighted by molar-refractivity contribution is 0.402. The molecule has 2 aromatic rings. The van der Waals surface area contributed by atoms with Crippen molar-refractivity contribution in [2.24, 2.45) is 0 Å². The van der Waals surface area contributed by atoms with E-state index in [4.69, 9.17) is 10.6 Å². The van der Waals surface area contributed by atoms with Crippen molar-refractivity contribution in [1.29, 1.82) is 0 Å². The Morgan fingerprint density at radius 3 is 1.96 bits per heavy atom. The second-order valence-corrected chi connectivity index (χ2v) is 8.03. The molecule has 0 unspecified atom stereocenters. The van der Waals surface area contributed by atoms with Crippen LogP contribution in [0.4, 0.5) is 11.4 Å². The van der Waals surface area contributed by atoms with Gasteiger partial charge in [0.2, 0.25) is 0 Å². The number of rotatable bonds is 3. The first-order valence-electron chi connectivity index (χ1n) is 8.01. The second kappa shape index (κ2) is 6.15. The van der Waals surface area contributed by atoms with Gasteiger partial charge in [-0.05, 0) is 52.3 Å². The Kier molecular flexibility index (Phi) is 4.60. The van der Waals surface area contributed by atoms with Crippen LogP contribution in [0.25, 0.3) is 0 Å². The zero-order valence-corrected chi connectivity index (χ0v) is 15.0. The number of hydrogen-bond donors (Lipinski definition) is 2. The Morgan fingerprint density at radius 1 is 0.826 bits per heavy atom. The van der Waals surface area contributed by atoms with E-state index in [0.717, 1.165) is 17.1 Å². The third-order valence-corrected chi connectivity index (χ3v) is 3.85. The van der Waals surface area contributed by atoms with E-state index in [1.54, 1.807) is 0 Å². The molecular weight excluding hydrogens is 284 g/mol. The normalized spacial score (nSPS) is 12.1. The van der Waals surface area contributed by atoms with Crippen LogP contribution in [0.15, 0.2) is 42.5 Å². The van der Waals surface area contributed by atoms with Gasteiger partial charge < -0.3 is 10.6 Å². The van der Waals surface area contributed by atoms with Gasteiger partial charge >= 0.3 is 0 Å². The maximum Gasteiger partial charge on any atom is 0.155 e. The van der Waals surface area contributed by atoms with Crippen molar-refractivity contribution >= 4 is 11.4 Å². The minimum atomic E-state index is 0.0310. The highest BCUT2D eigenvalue weighted by molar-refractivity contribution is 5.56. The van der Waals surface area contributed by atoms with E-state index in [1.807, 2.05) is 24.3 Å². The first kappa shape index (κ1) is 17.2. The van der Waals surface area contributed by atoms with E-state index < -0.39 is 0 Å². The average Bonchev–Trinajstić information content (AvgIpc) is 2.44. The molecule has 0 aliphatic heterocycles. The van der Waals surface area contributed by atoms with Crippen LogP contribution in [0.5, 0.6) is 5.75 Å². The van der Waals surface area contributed by atoms with Gasteiger partial charge in [0.15, 0.2) is 5.75 Å². The summed E-state index contributed by atoms with van der Waals surface area (Å²) in [7, 11) is 0. The van der Waals surface area contributed by atoms with E-state index in [1.165, 1.54) is 11.1 Å². The van der Waals surface area contributed by atoms with Gasteiger partial charge in [-0.25, -0.2) is 5.48 Å². The first-order valence-corrected chi connectivity index (χ1v) is 8.01. The third-order valence-electron chi connectivity index (χ3n) is 3.85. The average molecular weight is 312 g/mol. The van der Waals surface area contributed by atoms with Crippen LogP contribution in [0.3, 0.4) is 0 Å². The number of nitrogens with one attached hydrogen (secondary N) is 1. The standard InChI is InChI=1S/C20H28N2O/c1-19(2,3)14-7-12-17(20(4,5)6)18(13-14)22-23-16-10-8-15(21)9-11-16/h7-13,22H,21H2,1-6H3. The van der Waals surface area contributed by atoms with Gasteiger partial charge in [-0.3, -0.25) is 0 Å². The fraction of sp³-hybridized carbons (Fsp3) is 0.400. The second-order valence-electron chi connectivity index (χ2n) is 8.03. The van der Waals surface area contributed by atoms with E-state index in [0.29, 0.717) is 0 Å². The number of nitrogens with two attached hydrogens (primary N) is 1. The van der Waals surface area contributed by atoms with Crippen LogP contribution >= 0.6 is 0 Å². The van der Waals surface area contributed by atoms with Gasteiger partial charge in [0.05, 0.1) is 5.69 Å². The number of anilines is 2. The molecule has 2 aromatic carbocycles. The minimum Gasteiger partial charge on any atom is -0.399 e. The van der Waals surface area contributed by atoms with Crippen molar-refractivity contribution < 1.29 is 4.84 Å². The van der Waals surface area contributed by atoms with Crippen molar-refractivity contribution in [2.75, 3.05) is 11.2 Å². The van der Waals surface area contributed by atoms with Crippen molar-refractivity contribution in [3.8, 4) is 5.75 Å². The van der Waals surface area contributed by atoms with Crippen molar-refractivity contribution in [1.82, 2.24) is 0 Å². The van der Waals surface area contributed by atoms with E-state index in [2.05, 4.69) is 65.2 Å². The molecule has 23 heavy (non-hydrogen) atoms. The molecule has 0 heterocycles.